The summed E-state index contributed by atoms with van der Waals surface area (Å²) in [6, 6.07) is 1.41. The second kappa shape index (κ2) is 6.02. The van der Waals surface area contributed by atoms with Crippen molar-refractivity contribution in [3.05, 3.63) is 0 Å². The van der Waals surface area contributed by atoms with E-state index in [0.29, 0.717) is 25.7 Å². The highest BCUT2D eigenvalue weighted by atomic mass is 19.4. The quantitative estimate of drug-likeness (QED) is 0.613. The molecule has 0 amide bonds. The van der Waals surface area contributed by atoms with Gasteiger partial charge in [0.2, 0.25) is 0 Å². The summed E-state index contributed by atoms with van der Waals surface area (Å²) in [6.07, 6.45) is -4.99. The first kappa shape index (κ1) is 14.7. The fourth-order valence-corrected chi connectivity index (χ4v) is 1.65. The molecule has 8 heteroatoms. The molecule has 1 rings (SSSR count). The fourth-order valence-electron chi connectivity index (χ4n) is 1.65. The smallest absolute Gasteiger partial charge is 0.415 e. The number of halogens is 3. The number of carbonyl (C=O) groups is 1. The Labute approximate surface area is 102 Å². The van der Waals surface area contributed by atoms with Gasteiger partial charge in [0.05, 0.1) is 6.10 Å². The van der Waals surface area contributed by atoms with E-state index in [4.69, 9.17) is 15.7 Å². The highest BCUT2D eigenvalue weighted by Crippen LogP contribution is 2.23. The Morgan fingerprint density at radius 1 is 1.33 bits per heavy atom. The van der Waals surface area contributed by atoms with Crippen LogP contribution in [0.15, 0.2) is 0 Å². The van der Waals surface area contributed by atoms with Gasteiger partial charge in [0.1, 0.15) is 6.07 Å². The molecule has 0 spiro atoms. The Balaban J connectivity index is 2.43. The van der Waals surface area contributed by atoms with Gasteiger partial charge in [-0.3, -0.25) is 0 Å². The molecular formula is C10H13F3N2O3. The van der Waals surface area contributed by atoms with E-state index in [1.165, 1.54) is 6.07 Å². The second-order valence-electron chi connectivity index (χ2n) is 4.04. The number of hydrogen-bond acceptors (Lipinski definition) is 5. The third kappa shape index (κ3) is 4.50. The second-order valence-corrected chi connectivity index (χ2v) is 4.04. The van der Waals surface area contributed by atoms with Crippen molar-refractivity contribution >= 4 is 5.97 Å². The molecule has 0 aliphatic heterocycles. The number of alkyl halides is 3. The SMILES string of the molecule is N#CC(OC(=O)C(F)(F)F)OC1CCC(N)CC1. The summed E-state index contributed by atoms with van der Waals surface area (Å²) in [5.74, 6) is -2.43. The Morgan fingerprint density at radius 2 is 1.89 bits per heavy atom. The number of nitriles is 1. The molecule has 1 saturated carbocycles. The Hall–Kier alpha value is -1.33. The fraction of sp³-hybridized carbons (Fsp3) is 0.800. The molecule has 0 saturated heterocycles. The maximum Gasteiger partial charge on any atom is 0.491 e. The van der Waals surface area contributed by atoms with E-state index in [2.05, 4.69) is 4.74 Å². The van der Waals surface area contributed by atoms with Crippen LogP contribution in [0.4, 0.5) is 13.2 Å². The monoisotopic (exact) mass is 266 g/mol. The van der Waals surface area contributed by atoms with Crippen LogP contribution in [0.25, 0.3) is 0 Å². The van der Waals surface area contributed by atoms with Gasteiger partial charge in [0, 0.05) is 6.04 Å². The van der Waals surface area contributed by atoms with E-state index in [-0.39, 0.29) is 6.04 Å². The predicted molar refractivity (Wildman–Crippen MR) is 52.9 cm³/mol. The normalized spacial score (nSPS) is 26.2. The average molecular weight is 266 g/mol. The lowest BCUT2D eigenvalue weighted by molar-refractivity contribution is -0.223. The van der Waals surface area contributed by atoms with Crippen LogP contribution in [0.2, 0.25) is 0 Å². The van der Waals surface area contributed by atoms with Crippen molar-refractivity contribution in [2.45, 2.75) is 50.3 Å². The maximum atomic E-state index is 11.9. The minimum atomic E-state index is -5.13. The van der Waals surface area contributed by atoms with Crippen LogP contribution in [0.3, 0.4) is 0 Å². The highest BCUT2D eigenvalue weighted by Gasteiger charge is 2.43. The van der Waals surface area contributed by atoms with Crippen molar-refractivity contribution in [3.8, 4) is 6.07 Å². The number of hydrogen-bond donors (Lipinski definition) is 1. The summed E-state index contributed by atoms with van der Waals surface area (Å²) in [4.78, 5) is 10.5. The first-order chi connectivity index (χ1) is 8.32. The van der Waals surface area contributed by atoms with Crippen LogP contribution in [0, 0.1) is 11.3 Å². The third-order valence-corrected chi connectivity index (χ3v) is 2.59. The number of ether oxygens (including phenoxy) is 2. The van der Waals surface area contributed by atoms with E-state index in [1.54, 1.807) is 0 Å². The molecule has 0 aromatic carbocycles. The van der Waals surface area contributed by atoms with Crippen molar-refractivity contribution in [2.24, 2.45) is 5.73 Å². The summed E-state index contributed by atoms with van der Waals surface area (Å²) in [7, 11) is 0. The number of nitrogens with zero attached hydrogens (tertiary/aromatic N) is 1. The number of carbonyl (C=O) groups excluding carboxylic acids is 1. The molecule has 1 atom stereocenters. The lowest BCUT2D eigenvalue weighted by atomic mass is 9.94. The first-order valence-corrected chi connectivity index (χ1v) is 5.41. The molecule has 5 nitrogen and oxygen atoms in total. The van der Waals surface area contributed by atoms with Gasteiger partial charge in [-0.05, 0) is 25.7 Å². The molecule has 1 aliphatic rings. The maximum absolute atomic E-state index is 11.9. The van der Waals surface area contributed by atoms with Crippen molar-refractivity contribution in [2.75, 3.05) is 0 Å². The van der Waals surface area contributed by atoms with E-state index in [1.807, 2.05) is 0 Å². The van der Waals surface area contributed by atoms with E-state index >= 15 is 0 Å². The Bertz CT molecular complexity index is 332. The number of esters is 1. The van der Waals surface area contributed by atoms with E-state index < -0.39 is 24.5 Å². The van der Waals surface area contributed by atoms with E-state index in [0.717, 1.165) is 0 Å². The molecule has 1 fully saturated rings. The van der Waals surface area contributed by atoms with E-state index in [9.17, 15) is 18.0 Å². The molecule has 102 valence electrons. The minimum Gasteiger partial charge on any atom is -0.415 e. The number of nitrogens with two attached hydrogens (primary N) is 1. The number of rotatable bonds is 3. The van der Waals surface area contributed by atoms with Gasteiger partial charge < -0.3 is 15.2 Å². The molecular weight excluding hydrogens is 253 g/mol. The lowest BCUT2D eigenvalue weighted by Gasteiger charge is -2.27. The molecule has 18 heavy (non-hydrogen) atoms. The van der Waals surface area contributed by atoms with Crippen LogP contribution < -0.4 is 5.73 Å². The zero-order chi connectivity index (χ0) is 13.8. The average Bonchev–Trinajstić information content (AvgIpc) is 2.29. The topological polar surface area (TPSA) is 85.3 Å². The first-order valence-electron chi connectivity index (χ1n) is 5.41. The summed E-state index contributed by atoms with van der Waals surface area (Å²) in [6.45, 7) is 0. The van der Waals surface area contributed by atoms with Crippen LogP contribution in [-0.4, -0.2) is 30.6 Å². The highest BCUT2D eigenvalue weighted by molar-refractivity contribution is 5.75. The van der Waals surface area contributed by atoms with Crippen molar-refractivity contribution in [1.29, 1.82) is 5.26 Å². The Kier molecular flexibility index (Phi) is 4.93. The largest absolute Gasteiger partial charge is 0.491 e. The summed E-state index contributed by atoms with van der Waals surface area (Å²) < 4.78 is 44.7. The van der Waals surface area contributed by atoms with Gasteiger partial charge in [-0.15, -0.1) is 0 Å². The molecule has 0 heterocycles. The van der Waals surface area contributed by atoms with Crippen LogP contribution in [0.1, 0.15) is 25.7 Å². The molecule has 1 aliphatic carbocycles. The van der Waals surface area contributed by atoms with Crippen LogP contribution in [-0.2, 0) is 14.3 Å². The molecule has 0 radical (unpaired) electrons. The summed E-state index contributed by atoms with van der Waals surface area (Å²) in [5, 5.41) is 8.58. The van der Waals surface area contributed by atoms with Gasteiger partial charge >= 0.3 is 12.1 Å². The predicted octanol–water partition coefficient (Wildman–Crippen LogP) is 1.23. The van der Waals surface area contributed by atoms with Crippen LogP contribution in [0.5, 0.6) is 0 Å². The van der Waals surface area contributed by atoms with Gasteiger partial charge in [0.15, 0.2) is 0 Å². The summed E-state index contributed by atoms with van der Waals surface area (Å²) >= 11 is 0. The van der Waals surface area contributed by atoms with Crippen molar-refractivity contribution < 1.29 is 27.4 Å². The molecule has 2 N–H and O–H groups in total. The van der Waals surface area contributed by atoms with Gasteiger partial charge in [0.25, 0.3) is 6.29 Å². The van der Waals surface area contributed by atoms with Gasteiger partial charge in [-0.1, -0.05) is 0 Å². The molecule has 1 unspecified atom stereocenters. The molecule has 0 aromatic heterocycles. The van der Waals surface area contributed by atoms with Crippen LogP contribution >= 0.6 is 0 Å². The van der Waals surface area contributed by atoms with Crippen molar-refractivity contribution in [1.82, 2.24) is 0 Å². The zero-order valence-electron chi connectivity index (χ0n) is 9.44. The standard InChI is InChI=1S/C10H13F3N2O3/c11-10(12,13)9(16)18-8(5-14)17-7-3-1-6(15)2-4-7/h6-8H,1-4,15H2. The zero-order valence-corrected chi connectivity index (χ0v) is 9.44. The third-order valence-electron chi connectivity index (χ3n) is 2.59. The van der Waals surface area contributed by atoms with Crippen molar-refractivity contribution in [3.63, 3.8) is 0 Å². The van der Waals surface area contributed by atoms with Gasteiger partial charge in [-0.2, -0.15) is 18.4 Å². The Morgan fingerprint density at radius 3 is 2.33 bits per heavy atom. The molecule has 0 bridgehead atoms. The lowest BCUT2D eigenvalue weighted by Crippen LogP contribution is -2.36. The molecule has 0 aromatic rings. The summed E-state index contributed by atoms with van der Waals surface area (Å²) in [5.41, 5.74) is 5.64. The van der Waals surface area contributed by atoms with Gasteiger partial charge in [-0.25, -0.2) is 4.79 Å². The minimum absolute atomic E-state index is 0.0445.